The fraction of sp³-hybridized carbons (Fsp3) is 0.353. The monoisotopic (exact) mass is 432 g/mol. The maximum absolute atomic E-state index is 13.3. The van der Waals surface area contributed by atoms with Crippen LogP contribution in [0.25, 0.3) is 0 Å². The highest BCUT2D eigenvalue weighted by Crippen LogP contribution is 2.30. The number of carbonyl (C=O) groups is 1. The van der Waals surface area contributed by atoms with Crippen LogP contribution in [0.5, 0.6) is 0 Å². The molecule has 0 bridgehead atoms. The molecule has 3 rings (SSSR count). The zero-order valence-corrected chi connectivity index (χ0v) is 17.4. The van der Waals surface area contributed by atoms with Gasteiger partial charge in [-0.3, -0.25) is 4.79 Å². The lowest BCUT2D eigenvalue weighted by atomic mass is 10.1. The smallest absolute Gasteiger partial charge is 0.267 e. The summed E-state index contributed by atoms with van der Waals surface area (Å²) >= 11 is 6.08. The molecule has 2 N–H and O–H groups in total. The number of hydrogen-bond acceptors (Lipinski definition) is 4. The van der Waals surface area contributed by atoms with E-state index < -0.39 is 10.0 Å². The third kappa shape index (κ3) is 4.30. The number of hydrogen-bond donors (Lipinski definition) is 2. The highest BCUT2D eigenvalue weighted by atomic mass is 35.5. The molecule has 0 saturated carbocycles. The summed E-state index contributed by atoms with van der Waals surface area (Å²) in [5.41, 5.74) is 1.12. The Bertz CT molecular complexity index is 930. The lowest BCUT2D eigenvalue weighted by Gasteiger charge is -2.35. The lowest BCUT2D eigenvalue weighted by Crippen LogP contribution is -2.48. The number of carbonyl (C=O) groups excluding carboxylic acids is 1. The molecule has 1 fully saturated rings. The van der Waals surface area contributed by atoms with Gasteiger partial charge in [-0.05, 0) is 23.8 Å². The van der Waals surface area contributed by atoms with E-state index in [0.29, 0.717) is 30.4 Å². The van der Waals surface area contributed by atoms with Gasteiger partial charge in [0.1, 0.15) is 10.6 Å². The van der Waals surface area contributed by atoms with Crippen molar-refractivity contribution in [2.75, 3.05) is 26.7 Å². The van der Waals surface area contributed by atoms with Crippen molar-refractivity contribution < 1.29 is 13.2 Å². The summed E-state index contributed by atoms with van der Waals surface area (Å²) in [6, 6.07) is 8.26. The van der Waals surface area contributed by atoms with E-state index in [2.05, 4.69) is 10.6 Å². The lowest BCUT2D eigenvalue weighted by molar-refractivity contribution is 0.0955. The summed E-state index contributed by atoms with van der Waals surface area (Å²) in [6.45, 7) is 1.39. The largest absolute Gasteiger partial charge is 0.354 e. The SMILES string of the molecule is CNC(=O)c1cc(S(=O)(=O)N2CCNCC2c2cccc(Cl)c2)cn1C.Cl. The first-order valence-electron chi connectivity index (χ1n) is 8.21. The molecule has 1 aromatic carbocycles. The van der Waals surface area contributed by atoms with Crippen LogP contribution < -0.4 is 10.6 Å². The van der Waals surface area contributed by atoms with Crippen LogP contribution in [-0.4, -0.2) is 49.9 Å². The fourth-order valence-corrected chi connectivity index (χ4v) is 5.02. The predicted octanol–water partition coefficient (Wildman–Crippen LogP) is 1.80. The summed E-state index contributed by atoms with van der Waals surface area (Å²) in [5.74, 6) is -0.333. The maximum Gasteiger partial charge on any atom is 0.267 e. The van der Waals surface area contributed by atoms with Gasteiger partial charge in [-0.15, -0.1) is 12.4 Å². The summed E-state index contributed by atoms with van der Waals surface area (Å²) in [7, 11) is -0.609. The van der Waals surface area contributed by atoms with Gasteiger partial charge in [0.15, 0.2) is 0 Å². The number of aromatic nitrogens is 1. The van der Waals surface area contributed by atoms with Gasteiger partial charge >= 0.3 is 0 Å². The average molecular weight is 433 g/mol. The van der Waals surface area contributed by atoms with Crippen LogP contribution in [0.4, 0.5) is 0 Å². The van der Waals surface area contributed by atoms with Crippen LogP contribution in [0.15, 0.2) is 41.4 Å². The van der Waals surface area contributed by atoms with Crippen molar-refractivity contribution in [3.05, 3.63) is 52.8 Å². The van der Waals surface area contributed by atoms with Gasteiger partial charge in [-0.2, -0.15) is 4.31 Å². The predicted molar refractivity (Wildman–Crippen MR) is 107 cm³/mol. The second kappa shape index (κ2) is 8.62. The molecule has 1 unspecified atom stereocenters. The van der Waals surface area contributed by atoms with Gasteiger partial charge in [0.2, 0.25) is 10.0 Å². The van der Waals surface area contributed by atoms with Gasteiger partial charge in [-0.25, -0.2) is 8.42 Å². The molecule has 2 aromatic rings. The van der Waals surface area contributed by atoms with E-state index in [1.807, 2.05) is 12.1 Å². The second-order valence-corrected chi connectivity index (χ2v) is 8.47. The molecule has 0 radical (unpaired) electrons. The standard InChI is InChI=1S/C17H21ClN4O3S.ClH/c1-19-17(23)15-9-14(11-21(15)2)26(24,25)22-7-6-20-10-16(22)12-4-3-5-13(18)8-12;/h3-5,8-9,11,16,20H,6-7,10H2,1-2H3,(H,19,23);1H. The number of rotatable bonds is 4. The molecule has 7 nitrogen and oxygen atoms in total. The molecule has 1 aromatic heterocycles. The molecule has 1 amide bonds. The number of halogens is 2. The van der Waals surface area contributed by atoms with E-state index in [4.69, 9.17) is 11.6 Å². The molecule has 0 aliphatic carbocycles. The molecule has 0 spiro atoms. The zero-order valence-electron chi connectivity index (χ0n) is 15.0. The number of aryl methyl sites for hydroxylation is 1. The van der Waals surface area contributed by atoms with Crippen molar-refractivity contribution in [1.29, 1.82) is 0 Å². The summed E-state index contributed by atoms with van der Waals surface area (Å²) in [4.78, 5) is 12.0. The molecule has 10 heteroatoms. The van der Waals surface area contributed by atoms with E-state index >= 15 is 0 Å². The number of nitrogens with one attached hydrogen (secondary N) is 2. The quantitative estimate of drug-likeness (QED) is 0.771. The molecular weight excluding hydrogens is 411 g/mol. The van der Waals surface area contributed by atoms with Gasteiger partial charge in [0.25, 0.3) is 5.91 Å². The Morgan fingerprint density at radius 3 is 2.74 bits per heavy atom. The van der Waals surface area contributed by atoms with Gasteiger partial charge < -0.3 is 15.2 Å². The molecule has 1 saturated heterocycles. The number of nitrogens with zero attached hydrogens (tertiary/aromatic N) is 2. The zero-order chi connectivity index (χ0) is 18.9. The highest BCUT2D eigenvalue weighted by Gasteiger charge is 2.35. The minimum atomic E-state index is -3.77. The number of amides is 1. The van der Waals surface area contributed by atoms with E-state index in [1.165, 1.54) is 28.2 Å². The first-order valence-corrected chi connectivity index (χ1v) is 10.0. The minimum absolute atomic E-state index is 0. The van der Waals surface area contributed by atoms with Crippen molar-refractivity contribution in [2.24, 2.45) is 7.05 Å². The van der Waals surface area contributed by atoms with E-state index in [9.17, 15) is 13.2 Å². The van der Waals surface area contributed by atoms with Crippen molar-refractivity contribution in [3.63, 3.8) is 0 Å². The van der Waals surface area contributed by atoms with Gasteiger partial charge in [-0.1, -0.05) is 23.7 Å². The number of sulfonamides is 1. The average Bonchev–Trinajstić information content (AvgIpc) is 3.03. The third-order valence-electron chi connectivity index (χ3n) is 4.47. The fourth-order valence-electron chi connectivity index (χ4n) is 3.14. The van der Waals surface area contributed by atoms with Crippen molar-refractivity contribution in [2.45, 2.75) is 10.9 Å². The third-order valence-corrected chi connectivity index (χ3v) is 6.58. The molecule has 1 aliphatic rings. The van der Waals surface area contributed by atoms with Crippen molar-refractivity contribution >= 4 is 39.9 Å². The maximum atomic E-state index is 13.3. The summed E-state index contributed by atoms with van der Waals surface area (Å²) < 4.78 is 29.5. The van der Waals surface area contributed by atoms with Gasteiger partial charge in [0.05, 0.1) is 6.04 Å². The second-order valence-electron chi connectivity index (χ2n) is 6.14. The molecule has 2 heterocycles. The van der Waals surface area contributed by atoms with Crippen LogP contribution >= 0.6 is 24.0 Å². The number of benzene rings is 1. The Morgan fingerprint density at radius 1 is 1.33 bits per heavy atom. The Hall–Kier alpha value is -1.58. The van der Waals surface area contributed by atoms with E-state index in [-0.39, 0.29) is 29.3 Å². The van der Waals surface area contributed by atoms with Crippen molar-refractivity contribution in [3.8, 4) is 0 Å². The van der Waals surface area contributed by atoms with Crippen LogP contribution in [0.3, 0.4) is 0 Å². The first-order chi connectivity index (χ1) is 12.3. The topological polar surface area (TPSA) is 83.4 Å². The Balaban J connectivity index is 0.00000261. The normalized spacial score (nSPS) is 18.0. The van der Waals surface area contributed by atoms with Crippen LogP contribution in [0.1, 0.15) is 22.1 Å². The molecule has 1 aliphatic heterocycles. The van der Waals surface area contributed by atoms with Crippen LogP contribution in [-0.2, 0) is 17.1 Å². The van der Waals surface area contributed by atoms with Crippen LogP contribution in [0, 0.1) is 0 Å². The number of piperazine rings is 1. The first kappa shape index (κ1) is 21.7. The molecule has 27 heavy (non-hydrogen) atoms. The Morgan fingerprint density at radius 2 is 2.07 bits per heavy atom. The highest BCUT2D eigenvalue weighted by molar-refractivity contribution is 7.89. The summed E-state index contributed by atoms with van der Waals surface area (Å²) in [5, 5.41) is 6.31. The minimum Gasteiger partial charge on any atom is -0.354 e. The Labute approximate surface area is 170 Å². The van der Waals surface area contributed by atoms with Crippen molar-refractivity contribution in [1.82, 2.24) is 19.5 Å². The van der Waals surface area contributed by atoms with E-state index in [0.717, 1.165) is 5.56 Å². The molecule has 148 valence electrons. The molecule has 1 atom stereocenters. The summed E-state index contributed by atoms with van der Waals surface area (Å²) in [6.07, 6.45) is 1.47. The van der Waals surface area contributed by atoms with E-state index in [1.54, 1.807) is 19.2 Å². The van der Waals surface area contributed by atoms with Crippen LogP contribution in [0.2, 0.25) is 5.02 Å². The van der Waals surface area contributed by atoms with Gasteiger partial charge in [0, 0.05) is 44.9 Å². The Kier molecular flexibility index (Phi) is 6.93. The molecular formula is C17H22Cl2N4O3S.